The van der Waals surface area contributed by atoms with Crippen molar-refractivity contribution in [2.75, 3.05) is 19.8 Å². The van der Waals surface area contributed by atoms with Gasteiger partial charge in [-0.1, -0.05) is 20.8 Å². The number of carbonyl (C=O) groups is 2. The monoisotopic (exact) mass is 215 g/mol. The lowest BCUT2D eigenvalue weighted by Gasteiger charge is -2.06. The van der Waals surface area contributed by atoms with Crippen LogP contribution in [-0.4, -0.2) is 31.4 Å². The van der Waals surface area contributed by atoms with E-state index >= 15 is 0 Å². The average molecular weight is 215 g/mol. The summed E-state index contributed by atoms with van der Waals surface area (Å²) in [5.41, 5.74) is 0. The van der Waals surface area contributed by atoms with Crippen LogP contribution in [0.1, 0.15) is 33.6 Å². The Hall–Kier alpha value is -0.900. The molecule has 0 aliphatic heterocycles. The van der Waals surface area contributed by atoms with Gasteiger partial charge in [0.15, 0.2) is 5.78 Å². The lowest BCUT2D eigenvalue weighted by atomic mass is 10.1. The van der Waals surface area contributed by atoms with E-state index in [9.17, 15) is 9.59 Å². The highest BCUT2D eigenvalue weighted by Crippen LogP contribution is 1.94. The number of nitrogens with one attached hydrogen (secondary N) is 1. The highest BCUT2D eigenvalue weighted by Gasteiger charge is 2.06. The van der Waals surface area contributed by atoms with E-state index in [1.165, 1.54) is 0 Å². The highest BCUT2D eigenvalue weighted by atomic mass is 16.5. The van der Waals surface area contributed by atoms with Crippen LogP contribution in [0, 0.1) is 5.92 Å². The topological polar surface area (TPSA) is 55.4 Å². The summed E-state index contributed by atoms with van der Waals surface area (Å²) in [5, 5.41) is 2.71. The molecule has 0 spiro atoms. The number of ether oxygens (including phenoxy) is 1. The summed E-state index contributed by atoms with van der Waals surface area (Å²) in [4.78, 5) is 22.1. The van der Waals surface area contributed by atoms with Gasteiger partial charge in [0.2, 0.25) is 5.91 Å². The molecule has 0 atom stereocenters. The summed E-state index contributed by atoms with van der Waals surface area (Å²) < 4.78 is 5.12. The summed E-state index contributed by atoms with van der Waals surface area (Å²) in [6.07, 6.45) is 1.39. The molecule has 0 saturated carbocycles. The van der Waals surface area contributed by atoms with Gasteiger partial charge in [0, 0.05) is 18.9 Å². The predicted octanol–water partition coefficient (Wildman–Crippen LogP) is 1.14. The van der Waals surface area contributed by atoms with Crippen molar-refractivity contribution in [3.63, 3.8) is 0 Å². The highest BCUT2D eigenvalue weighted by molar-refractivity contribution is 5.81. The third kappa shape index (κ3) is 8.12. The lowest BCUT2D eigenvalue weighted by Crippen LogP contribution is -2.27. The van der Waals surface area contributed by atoms with Crippen LogP contribution in [0.2, 0.25) is 0 Å². The molecule has 88 valence electrons. The van der Waals surface area contributed by atoms with Crippen LogP contribution in [0.3, 0.4) is 0 Å². The largest absolute Gasteiger partial charge is 0.372 e. The fourth-order valence-corrected chi connectivity index (χ4v) is 0.917. The van der Waals surface area contributed by atoms with Crippen molar-refractivity contribution >= 4 is 11.7 Å². The molecule has 15 heavy (non-hydrogen) atoms. The first-order valence-electron chi connectivity index (χ1n) is 5.45. The number of hydrogen-bond donors (Lipinski definition) is 1. The van der Waals surface area contributed by atoms with Crippen LogP contribution in [0.4, 0.5) is 0 Å². The minimum Gasteiger partial charge on any atom is -0.372 e. The maximum Gasteiger partial charge on any atom is 0.220 e. The zero-order valence-corrected chi connectivity index (χ0v) is 9.84. The van der Waals surface area contributed by atoms with E-state index in [1.54, 1.807) is 0 Å². The first-order chi connectivity index (χ1) is 7.07. The van der Waals surface area contributed by atoms with E-state index in [0.717, 1.165) is 6.42 Å². The van der Waals surface area contributed by atoms with E-state index < -0.39 is 0 Å². The van der Waals surface area contributed by atoms with Gasteiger partial charge in [-0.15, -0.1) is 0 Å². The molecule has 4 heteroatoms. The molecule has 0 unspecified atom stereocenters. The third-order valence-corrected chi connectivity index (χ3v) is 1.93. The minimum absolute atomic E-state index is 0.0136. The van der Waals surface area contributed by atoms with E-state index in [2.05, 4.69) is 5.32 Å². The van der Waals surface area contributed by atoms with Gasteiger partial charge in [-0.2, -0.15) is 0 Å². The van der Waals surface area contributed by atoms with E-state index in [-0.39, 0.29) is 24.2 Å². The molecule has 4 nitrogen and oxygen atoms in total. The zero-order valence-electron chi connectivity index (χ0n) is 9.84. The van der Waals surface area contributed by atoms with Gasteiger partial charge in [0.05, 0.1) is 6.61 Å². The molecule has 0 radical (unpaired) electrons. The Morgan fingerprint density at radius 1 is 1.33 bits per heavy atom. The fourth-order valence-electron chi connectivity index (χ4n) is 0.917. The summed E-state index contributed by atoms with van der Waals surface area (Å²) >= 11 is 0. The third-order valence-electron chi connectivity index (χ3n) is 1.93. The second kappa shape index (κ2) is 8.41. The second-order valence-corrected chi connectivity index (χ2v) is 3.77. The van der Waals surface area contributed by atoms with Gasteiger partial charge >= 0.3 is 0 Å². The number of carbonyl (C=O) groups excluding carboxylic acids is 2. The quantitative estimate of drug-likeness (QED) is 0.618. The standard InChI is InChI=1S/C11H21NO3/c1-4-5-11(14)12-6-7-15-8-10(13)9(2)3/h9H,4-8H2,1-3H3,(H,12,14). The summed E-state index contributed by atoms with van der Waals surface area (Å²) in [6, 6.07) is 0. The van der Waals surface area contributed by atoms with E-state index in [0.29, 0.717) is 19.6 Å². The maximum atomic E-state index is 11.1. The Morgan fingerprint density at radius 3 is 2.53 bits per heavy atom. The predicted molar refractivity (Wildman–Crippen MR) is 58.6 cm³/mol. The number of hydrogen-bond acceptors (Lipinski definition) is 3. The van der Waals surface area contributed by atoms with Gasteiger partial charge in [-0.3, -0.25) is 9.59 Å². The van der Waals surface area contributed by atoms with Crippen molar-refractivity contribution in [3.8, 4) is 0 Å². The second-order valence-electron chi connectivity index (χ2n) is 3.77. The molecule has 0 heterocycles. The molecule has 0 aliphatic rings. The minimum atomic E-state index is 0.0136. The van der Waals surface area contributed by atoms with Crippen LogP contribution < -0.4 is 5.32 Å². The van der Waals surface area contributed by atoms with Crippen LogP contribution >= 0.6 is 0 Å². The molecule has 0 fully saturated rings. The molecule has 1 N–H and O–H groups in total. The Bertz CT molecular complexity index is 202. The van der Waals surface area contributed by atoms with Crippen molar-refractivity contribution in [2.45, 2.75) is 33.6 Å². The zero-order chi connectivity index (χ0) is 11.7. The van der Waals surface area contributed by atoms with Crippen molar-refractivity contribution in [2.24, 2.45) is 5.92 Å². The van der Waals surface area contributed by atoms with Crippen LogP contribution in [0.15, 0.2) is 0 Å². The molecule has 0 rings (SSSR count). The molecule has 0 bridgehead atoms. The molecule has 0 saturated heterocycles. The van der Waals surface area contributed by atoms with Gasteiger partial charge in [0.1, 0.15) is 6.61 Å². The Balaban J connectivity index is 3.32. The van der Waals surface area contributed by atoms with Gasteiger partial charge in [-0.05, 0) is 6.42 Å². The Kier molecular flexibility index (Phi) is 7.91. The Morgan fingerprint density at radius 2 is 2.00 bits per heavy atom. The number of amides is 1. The lowest BCUT2D eigenvalue weighted by molar-refractivity contribution is -0.126. The van der Waals surface area contributed by atoms with E-state index in [4.69, 9.17) is 4.74 Å². The smallest absolute Gasteiger partial charge is 0.220 e. The molecule has 0 aromatic carbocycles. The van der Waals surface area contributed by atoms with Crippen LogP contribution in [0.5, 0.6) is 0 Å². The molecule has 0 aromatic heterocycles. The molecular weight excluding hydrogens is 194 g/mol. The average Bonchev–Trinajstić information content (AvgIpc) is 2.17. The Labute approximate surface area is 91.4 Å². The molecule has 0 aromatic rings. The van der Waals surface area contributed by atoms with E-state index in [1.807, 2.05) is 20.8 Å². The summed E-state index contributed by atoms with van der Waals surface area (Å²) in [7, 11) is 0. The SMILES string of the molecule is CCCC(=O)NCCOCC(=O)C(C)C. The first-order valence-corrected chi connectivity index (χ1v) is 5.45. The first kappa shape index (κ1) is 14.1. The molecular formula is C11H21NO3. The van der Waals surface area contributed by atoms with Gasteiger partial charge in [-0.25, -0.2) is 0 Å². The summed E-state index contributed by atoms with van der Waals surface area (Å²) in [5.74, 6) is 0.144. The maximum absolute atomic E-state index is 11.1. The van der Waals surface area contributed by atoms with Gasteiger partial charge < -0.3 is 10.1 Å². The molecule has 1 amide bonds. The number of Topliss-reactive ketones (excluding diaryl/α,β-unsaturated/α-hetero) is 1. The number of rotatable bonds is 8. The summed E-state index contributed by atoms with van der Waals surface area (Å²) in [6.45, 7) is 6.65. The fraction of sp³-hybridized carbons (Fsp3) is 0.818. The molecule has 0 aliphatic carbocycles. The normalized spacial score (nSPS) is 10.4. The van der Waals surface area contributed by atoms with Crippen molar-refractivity contribution in [1.29, 1.82) is 0 Å². The number of ketones is 1. The van der Waals surface area contributed by atoms with Crippen molar-refractivity contribution in [1.82, 2.24) is 5.32 Å². The van der Waals surface area contributed by atoms with Crippen molar-refractivity contribution in [3.05, 3.63) is 0 Å². The van der Waals surface area contributed by atoms with Crippen LogP contribution in [0.25, 0.3) is 0 Å². The van der Waals surface area contributed by atoms with Gasteiger partial charge in [0.25, 0.3) is 0 Å². The van der Waals surface area contributed by atoms with Crippen molar-refractivity contribution < 1.29 is 14.3 Å². The van der Waals surface area contributed by atoms with Crippen LogP contribution in [-0.2, 0) is 14.3 Å².